The molecule has 1 aromatic carbocycles. The lowest BCUT2D eigenvalue weighted by molar-refractivity contribution is -0.126. The van der Waals surface area contributed by atoms with Gasteiger partial charge in [0.25, 0.3) is 0 Å². The van der Waals surface area contributed by atoms with E-state index in [1.165, 1.54) is 0 Å². The highest BCUT2D eigenvalue weighted by Crippen LogP contribution is 2.24. The Bertz CT molecular complexity index is 603. The summed E-state index contributed by atoms with van der Waals surface area (Å²) in [5.41, 5.74) is 0.00134. The Morgan fingerprint density at radius 1 is 1.36 bits per heavy atom. The highest BCUT2D eigenvalue weighted by molar-refractivity contribution is 5.86. The second-order valence-corrected chi connectivity index (χ2v) is 7.14. The molecule has 1 saturated heterocycles. The molecule has 6 nitrogen and oxygen atoms in total. The summed E-state index contributed by atoms with van der Waals surface area (Å²) in [6, 6.07) is 7.40. The van der Waals surface area contributed by atoms with Crippen molar-refractivity contribution in [3.8, 4) is 0 Å². The molecule has 1 aliphatic heterocycles. The van der Waals surface area contributed by atoms with Crippen LogP contribution in [0.3, 0.4) is 0 Å². The van der Waals surface area contributed by atoms with Crippen LogP contribution in [-0.2, 0) is 9.53 Å². The number of benzene rings is 1. The molecule has 2 rings (SSSR count). The number of halogens is 1. The number of aliphatic hydroxyl groups is 1. The Morgan fingerprint density at radius 3 is 2.56 bits per heavy atom. The van der Waals surface area contributed by atoms with Crippen molar-refractivity contribution in [3.63, 3.8) is 0 Å². The smallest absolute Gasteiger partial charge is 0.411 e. The summed E-state index contributed by atoms with van der Waals surface area (Å²) in [7, 11) is 0. The minimum Gasteiger partial charge on any atom is -0.444 e. The van der Waals surface area contributed by atoms with Gasteiger partial charge in [0.05, 0.1) is 19.2 Å². The second-order valence-electron chi connectivity index (χ2n) is 7.14. The lowest BCUT2D eigenvalue weighted by Gasteiger charge is -2.28. The molecule has 1 aromatic rings. The highest BCUT2D eigenvalue weighted by Gasteiger charge is 2.42. The van der Waals surface area contributed by atoms with Crippen LogP contribution in [0.15, 0.2) is 30.3 Å². The molecule has 1 fully saturated rings. The van der Waals surface area contributed by atoms with Gasteiger partial charge in [0.2, 0.25) is 5.91 Å². The maximum absolute atomic E-state index is 13.8. The van der Waals surface area contributed by atoms with Crippen LogP contribution in [0, 0.1) is 0 Å². The molecule has 0 bridgehead atoms. The van der Waals surface area contributed by atoms with Gasteiger partial charge in [-0.3, -0.25) is 9.69 Å². The van der Waals surface area contributed by atoms with E-state index in [1.807, 2.05) is 6.07 Å². The van der Waals surface area contributed by atoms with Crippen LogP contribution in [0.5, 0.6) is 0 Å². The second kappa shape index (κ2) is 7.82. The quantitative estimate of drug-likeness (QED) is 0.871. The fraction of sp³-hybridized carbons (Fsp3) is 0.556. The molecule has 0 aliphatic carbocycles. The van der Waals surface area contributed by atoms with Crippen molar-refractivity contribution in [3.05, 3.63) is 35.9 Å². The number of hydrogen-bond acceptors (Lipinski definition) is 4. The summed E-state index contributed by atoms with van der Waals surface area (Å²) in [6.07, 6.45) is -2.08. The van der Waals surface area contributed by atoms with Crippen LogP contribution in [0.25, 0.3) is 0 Å². The van der Waals surface area contributed by atoms with Gasteiger partial charge in [-0.2, -0.15) is 0 Å². The number of nitrogens with one attached hydrogen (secondary N) is 1. The number of ether oxygens (including phenoxy) is 1. The van der Waals surface area contributed by atoms with Crippen molar-refractivity contribution in [1.82, 2.24) is 10.2 Å². The molecule has 0 saturated carbocycles. The van der Waals surface area contributed by atoms with E-state index < -0.39 is 35.9 Å². The Balaban J connectivity index is 2.09. The first-order chi connectivity index (χ1) is 11.7. The van der Waals surface area contributed by atoms with Gasteiger partial charge in [-0.15, -0.1) is 0 Å². The van der Waals surface area contributed by atoms with Gasteiger partial charge in [0, 0.05) is 6.42 Å². The number of nitrogens with zero attached hydrogens (tertiary/aromatic N) is 1. The number of aliphatic hydroxyl groups excluding tert-OH is 1. The largest absolute Gasteiger partial charge is 0.444 e. The molecule has 3 atom stereocenters. The Hall–Kier alpha value is -2.15. The minimum atomic E-state index is -1.28. The fourth-order valence-corrected chi connectivity index (χ4v) is 2.74. The monoisotopic (exact) mass is 352 g/mol. The predicted octanol–water partition coefficient (Wildman–Crippen LogP) is 2.18. The molecule has 25 heavy (non-hydrogen) atoms. The highest BCUT2D eigenvalue weighted by atomic mass is 19.1. The Kier molecular flexibility index (Phi) is 6.00. The maximum atomic E-state index is 13.8. The van der Waals surface area contributed by atoms with Crippen LogP contribution < -0.4 is 5.32 Å². The SMILES string of the molecule is CC(C)(C)OC(=O)N1C[C@@H](F)C[C@H]1C(=O)N[C@H](CO)c1ccccc1. The molecule has 0 radical (unpaired) electrons. The fourth-order valence-electron chi connectivity index (χ4n) is 2.74. The number of carbonyl (C=O) groups is 2. The lowest BCUT2D eigenvalue weighted by Crippen LogP contribution is -2.48. The van der Waals surface area contributed by atoms with Gasteiger partial charge >= 0.3 is 6.09 Å². The number of amides is 2. The van der Waals surface area contributed by atoms with Crippen LogP contribution in [0.4, 0.5) is 9.18 Å². The van der Waals surface area contributed by atoms with E-state index in [9.17, 15) is 19.1 Å². The van der Waals surface area contributed by atoms with Gasteiger partial charge in [-0.05, 0) is 26.3 Å². The van der Waals surface area contributed by atoms with Gasteiger partial charge in [-0.25, -0.2) is 9.18 Å². The molecular weight excluding hydrogens is 327 g/mol. The number of hydrogen-bond donors (Lipinski definition) is 2. The van der Waals surface area contributed by atoms with Crippen LogP contribution in [0.2, 0.25) is 0 Å². The molecule has 0 unspecified atom stereocenters. The van der Waals surface area contributed by atoms with Crippen LogP contribution in [-0.4, -0.2) is 53.0 Å². The van der Waals surface area contributed by atoms with E-state index in [-0.39, 0.29) is 19.6 Å². The molecule has 138 valence electrons. The first-order valence-corrected chi connectivity index (χ1v) is 8.31. The molecular formula is C18H25FN2O4. The van der Waals surface area contributed by atoms with Crippen molar-refractivity contribution in [2.24, 2.45) is 0 Å². The average molecular weight is 352 g/mol. The number of likely N-dealkylation sites (tertiary alicyclic amines) is 1. The summed E-state index contributed by atoms with van der Waals surface area (Å²) in [5.74, 6) is -0.506. The zero-order valence-electron chi connectivity index (χ0n) is 14.7. The minimum absolute atomic E-state index is 0.0853. The van der Waals surface area contributed by atoms with Crippen molar-refractivity contribution >= 4 is 12.0 Å². The summed E-state index contributed by atoms with van der Waals surface area (Å²) in [6.45, 7) is 4.65. The van der Waals surface area contributed by atoms with Crippen molar-refractivity contribution in [2.45, 2.75) is 51.0 Å². The number of rotatable bonds is 4. The molecule has 2 amide bonds. The molecule has 7 heteroatoms. The first-order valence-electron chi connectivity index (χ1n) is 8.31. The Labute approximate surface area is 147 Å². The molecule has 0 aromatic heterocycles. The normalized spacial score (nSPS) is 21.7. The van der Waals surface area contributed by atoms with Gasteiger partial charge in [0.1, 0.15) is 17.8 Å². The van der Waals surface area contributed by atoms with E-state index in [0.29, 0.717) is 0 Å². The van der Waals surface area contributed by atoms with Crippen molar-refractivity contribution in [2.75, 3.05) is 13.2 Å². The lowest BCUT2D eigenvalue weighted by atomic mass is 10.1. The van der Waals surface area contributed by atoms with Crippen molar-refractivity contribution in [1.29, 1.82) is 0 Å². The van der Waals surface area contributed by atoms with Crippen LogP contribution in [0.1, 0.15) is 38.8 Å². The first kappa shape index (κ1) is 19.2. The zero-order chi connectivity index (χ0) is 18.6. The van der Waals surface area contributed by atoms with Gasteiger partial charge in [-0.1, -0.05) is 30.3 Å². The van der Waals surface area contributed by atoms with Crippen LogP contribution >= 0.6 is 0 Å². The summed E-state index contributed by atoms with van der Waals surface area (Å²) in [5, 5.41) is 12.2. The van der Waals surface area contributed by atoms with E-state index in [1.54, 1.807) is 45.0 Å². The molecule has 1 aliphatic rings. The van der Waals surface area contributed by atoms with Gasteiger partial charge in [0.15, 0.2) is 0 Å². The maximum Gasteiger partial charge on any atom is 0.411 e. The number of alkyl halides is 1. The van der Waals surface area contributed by atoms with E-state index in [4.69, 9.17) is 4.74 Å². The van der Waals surface area contributed by atoms with Gasteiger partial charge < -0.3 is 15.2 Å². The molecule has 2 N–H and O–H groups in total. The summed E-state index contributed by atoms with van der Waals surface area (Å²) >= 11 is 0. The third-order valence-electron chi connectivity index (χ3n) is 3.88. The third kappa shape index (κ3) is 5.16. The molecule has 1 heterocycles. The third-order valence-corrected chi connectivity index (χ3v) is 3.88. The molecule has 0 spiro atoms. The average Bonchev–Trinajstić information content (AvgIpc) is 2.94. The number of carbonyl (C=O) groups excluding carboxylic acids is 2. The Morgan fingerprint density at radius 2 is 2.00 bits per heavy atom. The van der Waals surface area contributed by atoms with Crippen molar-refractivity contribution < 1.29 is 23.8 Å². The van der Waals surface area contributed by atoms with E-state index >= 15 is 0 Å². The summed E-state index contributed by atoms with van der Waals surface area (Å²) < 4.78 is 19.1. The summed E-state index contributed by atoms with van der Waals surface area (Å²) in [4.78, 5) is 25.9. The topological polar surface area (TPSA) is 78.9 Å². The standard InChI is InChI=1S/C18H25FN2O4/c1-18(2,3)25-17(24)21-10-13(19)9-15(21)16(23)20-14(11-22)12-7-5-4-6-8-12/h4-8,13-15,22H,9-11H2,1-3H3,(H,20,23)/t13-,14+,15-/m0/s1. The zero-order valence-corrected chi connectivity index (χ0v) is 14.7. The van der Waals surface area contributed by atoms with E-state index in [2.05, 4.69) is 5.32 Å². The van der Waals surface area contributed by atoms with E-state index in [0.717, 1.165) is 10.5 Å². The predicted molar refractivity (Wildman–Crippen MR) is 90.7 cm³/mol.